The molecule has 2 aliphatic heterocycles. The van der Waals surface area contributed by atoms with Crippen LogP contribution >= 0.6 is 0 Å². The molecule has 0 radical (unpaired) electrons. The van der Waals surface area contributed by atoms with Gasteiger partial charge in [-0.15, -0.1) is 0 Å². The van der Waals surface area contributed by atoms with Gasteiger partial charge in [0, 0.05) is 44.4 Å². The molecule has 0 unspecified atom stereocenters. The van der Waals surface area contributed by atoms with Gasteiger partial charge >= 0.3 is 5.97 Å². The molecule has 3 saturated carbocycles. The fourth-order valence-corrected chi connectivity index (χ4v) is 10.6. The number of halogens is 2. The van der Waals surface area contributed by atoms with Crippen molar-refractivity contribution in [2.45, 2.75) is 96.7 Å². The Kier molecular flexibility index (Phi) is 9.38. The second-order valence-electron chi connectivity index (χ2n) is 14.7. The minimum absolute atomic E-state index is 0. The Labute approximate surface area is 266 Å². The van der Waals surface area contributed by atoms with Crippen molar-refractivity contribution in [2.24, 2.45) is 28.6 Å². The molecule has 0 N–H and O–H groups in total. The number of carbonyl (C=O) groups excluding carboxylic acids is 1. The monoisotopic (exact) mass is 754 g/mol. The van der Waals surface area contributed by atoms with E-state index in [9.17, 15) is 4.79 Å². The Morgan fingerprint density at radius 3 is 2.32 bits per heavy atom. The Morgan fingerprint density at radius 2 is 1.66 bits per heavy atom. The highest BCUT2D eigenvalue weighted by Crippen LogP contribution is 2.66. The summed E-state index contributed by atoms with van der Waals surface area (Å²) < 4.78 is 14.4. The molecule has 5 fully saturated rings. The summed E-state index contributed by atoms with van der Waals surface area (Å²) >= 11 is 0. The summed E-state index contributed by atoms with van der Waals surface area (Å²) in [6.45, 7) is 13.3. The van der Waals surface area contributed by atoms with Crippen LogP contribution in [0.4, 0.5) is 0 Å². The number of esters is 1. The number of carbonyl (C=O) groups is 1. The van der Waals surface area contributed by atoms with Crippen molar-refractivity contribution in [3.8, 4) is 0 Å². The molecule has 4 aliphatic carbocycles. The fraction of sp³-hybridized carbons (Fsp3) is 0.903. The number of hydrogen-bond acceptors (Lipinski definition) is 3. The largest absolute Gasteiger partial charge is 1.00 e. The van der Waals surface area contributed by atoms with Crippen LogP contribution in [0.5, 0.6) is 0 Å². The molecule has 0 bridgehead atoms. The maximum absolute atomic E-state index is 12.4. The van der Waals surface area contributed by atoms with Crippen LogP contribution in [0.15, 0.2) is 11.6 Å². The van der Waals surface area contributed by atoms with Crippen molar-refractivity contribution in [3.63, 3.8) is 0 Å². The number of likely N-dealkylation sites (N-methyl/N-ethyl adjacent to an activating group) is 1. The SMILES string of the molecule is CC(=O)O[C@H]1[C@@H]([N+]2(C)CCOCC2)C[C@H]2[C@@H]3CC=C4C[C@@H]([N+]5(C)CCCC5)CC[C@]4(C)[C@H]3CC[C@@]21C.[I-].[I-]. The topological polar surface area (TPSA) is 35.5 Å². The van der Waals surface area contributed by atoms with Gasteiger partial charge in [0.25, 0.3) is 0 Å². The Bertz CT molecular complexity index is 915. The summed E-state index contributed by atoms with van der Waals surface area (Å²) in [5, 5.41) is 0. The molecular formula is C31H52I2N2O3. The smallest absolute Gasteiger partial charge is 0.303 e. The molecule has 8 atom stereocenters. The van der Waals surface area contributed by atoms with Crippen LogP contribution in [-0.2, 0) is 14.3 Å². The number of morpholine rings is 1. The van der Waals surface area contributed by atoms with Crippen LogP contribution in [0.3, 0.4) is 0 Å². The fourth-order valence-electron chi connectivity index (χ4n) is 10.6. The molecule has 2 saturated heterocycles. The van der Waals surface area contributed by atoms with Gasteiger partial charge in [0.2, 0.25) is 0 Å². The van der Waals surface area contributed by atoms with Crippen molar-refractivity contribution < 1.29 is 71.2 Å². The Morgan fingerprint density at radius 1 is 0.974 bits per heavy atom. The van der Waals surface area contributed by atoms with Gasteiger partial charge in [-0.2, -0.15) is 0 Å². The van der Waals surface area contributed by atoms with E-state index in [1.165, 1.54) is 75.4 Å². The highest BCUT2D eigenvalue weighted by molar-refractivity contribution is 5.66. The van der Waals surface area contributed by atoms with Gasteiger partial charge in [-0.1, -0.05) is 25.5 Å². The molecule has 0 aromatic rings. The average molecular weight is 755 g/mol. The van der Waals surface area contributed by atoms with Gasteiger partial charge in [-0.05, 0) is 48.9 Å². The number of nitrogens with zero attached hydrogens (tertiary/aromatic N) is 2. The van der Waals surface area contributed by atoms with Crippen molar-refractivity contribution in [3.05, 3.63) is 11.6 Å². The molecule has 218 valence electrons. The summed E-state index contributed by atoms with van der Waals surface area (Å²) in [4.78, 5) is 12.4. The van der Waals surface area contributed by atoms with Gasteiger partial charge in [-0.25, -0.2) is 0 Å². The summed E-state index contributed by atoms with van der Waals surface area (Å²) in [7, 11) is 4.95. The predicted octanol–water partition coefficient (Wildman–Crippen LogP) is -1.05. The van der Waals surface area contributed by atoms with E-state index < -0.39 is 0 Å². The van der Waals surface area contributed by atoms with E-state index in [0.29, 0.717) is 17.4 Å². The minimum Gasteiger partial charge on any atom is -1.00 e. The zero-order chi connectivity index (χ0) is 25.3. The van der Waals surface area contributed by atoms with Gasteiger partial charge in [0.15, 0.2) is 6.10 Å². The standard InChI is InChI=1S/C31H52N2O3.2HI/c1-22(34)36-29-28(33(5)16-18-35-19-17-33)21-27-25-9-8-23-20-24(32(4)14-6-7-15-32)10-12-30(23,2)26(25)11-13-31(27,29)3;;/h8,24-29H,6-7,9-21H2,1-5H3;2*1H/q+2;;/p-2/t24-,25+,26-,27-,28-,29-,30-,31-;;/m0../s1. The highest BCUT2D eigenvalue weighted by atomic mass is 127. The normalized spacial score (nSPS) is 44.8. The van der Waals surface area contributed by atoms with Gasteiger partial charge in [0.1, 0.15) is 19.1 Å². The second kappa shape index (κ2) is 11.3. The van der Waals surface area contributed by atoms with Crippen LogP contribution in [-0.4, -0.2) is 86.6 Å². The van der Waals surface area contributed by atoms with Crippen molar-refractivity contribution >= 4 is 5.97 Å². The summed E-state index contributed by atoms with van der Waals surface area (Å²) in [6.07, 6.45) is 14.7. The summed E-state index contributed by atoms with van der Waals surface area (Å²) in [5.74, 6) is 2.09. The van der Waals surface area contributed by atoms with E-state index in [1.54, 1.807) is 6.92 Å². The number of likely N-dealkylation sites (tertiary alicyclic amines) is 1. The quantitative estimate of drug-likeness (QED) is 0.160. The van der Waals surface area contributed by atoms with Crippen LogP contribution in [0.25, 0.3) is 0 Å². The van der Waals surface area contributed by atoms with Crippen LogP contribution < -0.4 is 48.0 Å². The third kappa shape index (κ3) is 4.96. The van der Waals surface area contributed by atoms with Gasteiger partial charge < -0.3 is 66.4 Å². The summed E-state index contributed by atoms with van der Waals surface area (Å²) in [6, 6.07) is 1.24. The van der Waals surface area contributed by atoms with Crippen LogP contribution in [0.2, 0.25) is 0 Å². The van der Waals surface area contributed by atoms with E-state index in [1.807, 2.05) is 5.57 Å². The molecule has 7 heteroatoms. The molecule has 0 amide bonds. The van der Waals surface area contributed by atoms with Crippen molar-refractivity contribution in [1.29, 1.82) is 0 Å². The van der Waals surface area contributed by atoms with E-state index in [2.05, 4.69) is 34.0 Å². The third-order valence-corrected chi connectivity index (χ3v) is 13.1. The van der Waals surface area contributed by atoms with Gasteiger partial charge in [0.05, 0.1) is 46.4 Å². The lowest BCUT2D eigenvalue weighted by molar-refractivity contribution is -0.942. The van der Waals surface area contributed by atoms with Gasteiger partial charge in [-0.3, -0.25) is 4.79 Å². The van der Waals surface area contributed by atoms with E-state index in [0.717, 1.165) is 48.7 Å². The van der Waals surface area contributed by atoms with Crippen LogP contribution in [0.1, 0.15) is 78.6 Å². The molecule has 2 heterocycles. The van der Waals surface area contributed by atoms with Crippen LogP contribution in [0, 0.1) is 28.6 Å². The average Bonchev–Trinajstić information content (AvgIpc) is 3.41. The maximum atomic E-state index is 12.4. The van der Waals surface area contributed by atoms with E-state index in [4.69, 9.17) is 9.47 Å². The molecule has 0 aromatic carbocycles. The lowest BCUT2D eigenvalue weighted by atomic mass is 9.47. The number of rotatable bonds is 3. The lowest BCUT2D eigenvalue weighted by Crippen LogP contribution is -3.00. The number of hydrogen-bond donors (Lipinski definition) is 0. The van der Waals surface area contributed by atoms with Crippen molar-refractivity contribution in [1.82, 2.24) is 0 Å². The second-order valence-corrected chi connectivity index (χ2v) is 14.7. The Hall–Kier alpha value is 0.550. The third-order valence-electron chi connectivity index (χ3n) is 13.1. The first-order valence-electron chi connectivity index (χ1n) is 15.2. The molecule has 0 aromatic heterocycles. The number of fused-ring (bicyclic) bond motifs is 5. The molecular weight excluding hydrogens is 702 g/mol. The molecule has 0 spiro atoms. The van der Waals surface area contributed by atoms with E-state index in [-0.39, 0.29) is 65.4 Å². The lowest BCUT2D eigenvalue weighted by Gasteiger charge is -2.58. The first-order chi connectivity index (χ1) is 17.1. The molecule has 38 heavy (non-hydrogen) atoms. The number of allylic oxidation sites excluding steroid dienone is 1. The highest BCUT2D eigenvalue weighted by Gasteiger charge is 2.66. The zero-order valence-corrected chi connectivity index (χ0v) is 28.8. The van der Waals surface area contributed by atoms with E-state index >= 15 is 0 Å². The number of ether oxygens (including phenoxy) is 2. The first kappa shape index (κ1) is 31.5. The minimum atomic E-state index is -0.0940. The zero-order valence-electron chi connectivity index (χ0n) is 24.5. The van der Waals surface area contributed by atoms with Crippen molar-refractivity contribution in [2.75, 3.05) is 53.5 Å². The Balaban J connectivity index is 0.00000168. The maximum Gasteiger partial charge on any atom is 0.303 e. The summed E-state index contributed by atoms with van der Waals surface area (Å²) in [5.41, 5.74) is 2.30. The first-order valence-corrected chi connectivity index (χ1v) is 15.2. The molecule has 6 rings (SSSR count). The molecule has 5 nitrogen and oxygen atoms in total. The molecule has 6 aliphatic rings. The predicted molar refractivity (Wildman–Crippen MR) is 142 cm³/mol. The number of quaternary nitrogens is 2.